The van der Waals surface area contributed by atoms with Crippen LogP contribution in [0.3, 0.4) is 0 Å². The van der Waals surface area contributed by atoms with E-state index in [2.05, 4.69) is 29.2 Å². The van der Waals surface area contributed by atoms with Gasteiger partial charge in [0.25, 0.3) is 0 Å². The molecule has 3 heteroatoms. The lowest BCUT2D eigenvalue weighted by molar-refractivity contribution is -0.00000242. The van der Waals surface area contributed by atoms with Gasteiger partial charge in [0, 0.05) is 26.3 Å². The van der Waals surface area contributed by atoms with E-state index < -0.39 is 0 Å². The predicted octanol–water partition coefficient (Wildman–Crippen LogP) is -1.67. The van der Waals surface area contributed by atoms with Crippen molar-refractivity contribution in [3.8, 4) is 0 Å². The van der Waals surface area contributed by atoms with E-state index in [1.54, 1.807) is 0 Å². The molecule has 0 fully saturated rings. The Morgan fingerprint density at radius 1 is 1.25 bits per heavy atom. The Hall–Kier alpha value is -0.730. The number of nitrogens with two attached hydrogens (primary N) is 1. The molecule has 0 radical (unpaired) electrons. The second-order valence-corrected chi connectivity index (χ2v) is 2.76. The summed E-state index contributed by atoms with van der Waals surface area (Å²) in [4.78, 5) is 2.07. The molecule has 0 amide bonds. The zero-order valence-corrected chi connectivity index (χ0v) is 8.17. The minimum Gasteiger partial charge on any atom is -1.00 e. The maximum Gasteiger partial charge on any atom is 1.00 e. The Morgan fingerprint density at radius 3 is 2.08 bits per heavy atom. The van der Waals surface area contributed by atoms with Gasteiger partial charge in [0.1, 0.15) is 0 Å². The molecule has 12 heavy (non-hydrogen) atoms. The van der Waals surface area contributed by atoms with Crippen molar-refractivity contribution in [3.63, 3.8) is 0 Å². The average Bonchev–Trinajstić information content (AvgIpc) is 2.05. The monoisotopic (exact) mass is 186 g/mol. The minimum absolute atomic E-state index is 0. The summed E-state index contributed by atoms with van der Waals surface area (Å²) in [5.41, 5.74) is 7.85. The van der Waals surface area contributed by atoms with Gasteiger partial charge in [-0.05, 0) is 17.7 Å². The van der Waals surface area contributed by atoms with E-state index in [4.69, 9.17) is 5.73 Å². The van der Waals surface area contributed by atoms with E-state index in [-0.39, 0.29) is 13.8 Å². The third-order valence-corrected chi connectivity index (χ3v) is 1.69. The molecule has 1 rings (SSSR count). The molecule has 0 aromatic heterocycles. The van der Waals surface area contributed by atoms with Crippen LogP contribution in [-0.4, -0.2) is 14.1 Å². The highest BCUT2D eigenvalue weighted by atomic mass is 35.5. The maximum atomic E-state index is 5.46. The van der Waals surface area contributed by atoms with Crippen molar-refractivity contribution in [3.05, 3.63) is 29.8 Å². The summed E-state index contributed by atoms with van der Waals surface area (Å²) < 4.78 is 0. The van der Waals surface area contributed by atoms with Crippen LogP contribution in [0.5, 0.6) is 0 Å². The third kappa shape index (κ3) is 2.72. The van der Waals surface area contributed by atoms with E-state index in [9.17, 15) is 0 Å². The van der Waals surface area contributed by atoms with Crippen LogP contribution in [0, 0.1) is 0 Å². The smallest absolute Gasteiger partial charge is 1.00 e. The first-order chi connectivity index (χ1) is 5.24. The molecular weight excluding hydrogens is 172 g/mol. The van der Waals surface area contributed by atoms with Gasteiger partial charge in [-0.15, -0.1) is 0 Å². The van der Waals surface area contributed by atoms with Crippen LogP contribution in [0.1, 0.15) is 6.99 Å². The van der Waals surface area contributed by atoms with Crippen LogP contribution in [0.15, 0.2) is 24.3 Å². The number of benzene rings is 1. The molecule has 0 saturated carbocycles. The molecule has 2 N–H and O–H groups in total. The Bertz CT molecular complexity index is 224. The molecule has 0 saturated heterocycles. The van der Waals surface area contributed by atoms with Crippen LogP contribution >= 0.6 is 0 Å². The van der Waals surface area contributed by atoms with Crippen molar-refractivity contribution in [2.75, 3.05) is 19.0 Å². The molecular formula is C9H15ClN2. The number of rotatable bonds is 2. The Labute approximate surface area is 81.3 Å². The van der Waals surface area contributed by atoms with Gasteiger partial charge >= 0.3 is 1.43 Å². The average molecular weight is 187 g/mol. The van der Waals surface area contributed by atoms with E-state index in [0.29, 0.717) is 6.54 Å². The molecule has 0 atom stereocenters. The molecule has 1 aromatic carbocycles. The van der Waals surface area contributed by atoms with Crippen LogP contribution < -0.4 is 23.0 Å². The van der Waals surface area contributed by atoms with Crippen molar-refractivity contribution in [2.24, 2.45) is 5.73 Å². The largest absolute Gasteiger partial charge is 1.00 e. The second-order valence-electron chi connectivity index (χ2n) is 2.76. The highest BCUT2D eigenvalue weighted by Crippen LogP contribution is 2.11. The van der Waals surface area contributed by atoms with Crippen LogP contribution in [0.4, 0.5) is 5.69 Å². The number of hydrogen-bond acceptors (Lipinski definition) is 2. The van der Waals surface area contributed by atoms with Crippen molar-refractivity contribution >= 4 is 5.69 Å². The fraction of sp³-hybridized carbons (Fsp3) is 0.333. The molecule has 0 aliphatic rings. The Balaban J connectivity index is 0. The summed E-state index contributed by atoms with van der Waals surface area (Å²) in [6, 6.07) is 8.25. The first kappa shape index (κ1) is 11.3. The van der Waals surface area contributed by atoms with Gasteiger partial charge in [0.2, 0.25) is 0 Å². The highest BCUT2D eigenvalue weighted by molar-refractivity contribution is 5.45. The first-order valence-electron chi connectivity index (χ1n) is 3.70. The molecule has 0 heterocycles. The lowest BCUT2D eigenvalue weighted by atomic mass is 10.2. The summed E-state index contributed by atoms with van der Waals surface area (Å²) in [6.07, 6.45) is 0. The summed E-state index contributed by atoms with van der Waals surface area (Å²) in [7, 11) is 4.05. The third-order valence-electron chi connectivity index (χ3n) is 1.69. The molecule has 0 bridgehead atoms. The number of anilines is 1. The van der Waals surface area contributed by atoms with E-state index in [1.165, 1.54) is 11.3 Å². The highest BCUT2D eigenvalue weighted by Gasteiger charge is 1.92. The van der Waals surface area contributed by atoms with E-state index >= 15 is 0 Å². The fourth-order valence-electron chi connectivity index (χ4n) is 0.930. The quantitative estimate of drug-likeness (QED) is 0.599. The molecule has 68 valence electrons. The topological polar surface area (TPSA) is 29.3 Å². The van der Waals surface area contributed by atoms with Gasteiger partial charge in [-0.25, -0.2) is 0 Å². The number of nitrogens with zero attached hydrogens (tertiary/aromatic N) is 1. The van der Waals surface area contributed by atoms with Gasteiger partial charge in [-0.2, -0.15) is 0 Å². The SMILES string of the molecule is CN(C)c1ccc(CN)cc1.[Cl-].[H+]. The summed E-state index contributed by atoms with van der Waals surface area (Å²) in [5.74, 6) is 0. The predicted molar refractivity (Wildman–Crippen MR) is 49.8 cm³/mol. The van der Waals surface area contributed by atoms with Crippen LogP contribution in [-0.2, 0) is 6.54 Å². The lowest BCUT2D eigenvalue weighted by Crippen LogP contribution is -3.00. The summed E-state index contributed by atoms with van der Waals surface area (Å²) >= 11 is 0. The second kappa shape index (κ2) is 5.01. The Morgan fingerprint density at radius 2 is 1.75 bits per heavy atom. The zero-order chi connectivity index (χ0) is 8.27. The molecule has 1 aromatic rings. The zero-order valence-electron chi connectivity index (χ0n) is 8.42. The van der Waals surface area contributed by atoms with Crippen molar-refractivity contribution in [2.45, 2.75) is 6.54 Å². The van der Waals surface area contributed by atoms with Crippen LogP contribution in [0.25, 0.3) is 0 Å². The number of hydrogen-bond donors (Lipinski definition) is 1. The van der Waals surface area contributed by atoms with Gasteiger partial charge in [-0.3, -0.25) is 0 Å². The van der Waals surface area contributed by atoms with Crippen molar-refractivity contribution in [1.82, 2.24) is 0 Å². The van der Waals surface area contributed by atoms with Gasteiger partial charge in [0.05, 0.1) is 0 Å². The maximum absolute atomic E-state index is 5.46. The van der Waals surface area contributed by atoms with Crippen LogP contribution in [0.2, 0.25) is 0 Å². The molecule has 0 aliphatic carbocycles. The standard InChI is InChI=1S/C9H14N2.ClH/c1-11(2)9-5-3-8(7-10)4-6-9;/h3-6H,7,10H2,1-2H3;1H. The molecule has 0 unspecified atom stereocenters. The van der Waals surface area contributed by atoms with E-state index in [1.807, 2.05) is 14.1 Å². The Kier molecular flexibility index (Phi) is 4.71. The lowest BCUT2D eigenvalue weighted by Gasteiger charge is -2.11. The molecule has 2 nitrogen and oxygen atoms in total. The first-order valence-corrected chi connectivity index (χ1v) is 3.70. The number of halogens is 1. The minimum atomic E-state index is 0. The van der Waals surface area contributed by atoms with Gasteiger partial charge in [-0.1, -0.05) is 12.1 Å². The van der Waals surface area contributed by atoms with Gasteiger partial charge < -0.3 is 23.0 Å². The van der Waals surface area contributed by atoms with E-state index in [0.717, 1.165) is 0 Å². The molecule has 0 spiro atoms. The van der Waals surface area contributed by atoms with Crippen molar-refractivity contribution in [1.29, 1.82) is 0 Å². The summed E-state index contributed by atoms with van der Waals surface area (Å²) in [5, 5.41) is 0. The summed E-state index contributed by atoms with van der Waals surface area (Å²) in [6.45, 7) is 0.619. The van der Waals surface area contributed by atoms with Gasteiger partial charge in [0.15, 0.2) is 0 Å². The molecule has 0 aliphatic heterocycles. The normalized spacial score (nSPS) is 8.92. The van der Waals surface area contributed by atoms with Crippen molar-refractivity contribution < 1.29 is 13.8 Å². The fourth-order valence-corrected chi connectivity index (χ4v) is 0.930.